The summed E-state index contributed by atoms with van der Waals surface area (Å²) in [5.41, 5.74) is -1.08. The molecular weight excluding hydrogens is 424 g/mol. The van der Waals surface area contributed by atoms with Crippen molar-refractivity contribution in [2.24, 2.45) is 17.8 Å². The number of aliphatic hydroxyl groups excluding tert-OH is 1. The van der Waals surface area contributed by atoms with Gasteiger partial charge < -0.3 is 24.4 Å². The highest BCUT2D eigenvalue weighted by Crippen LogP contribution is 2.59. The molecule has 0 aromatic heterocycles. The van der Waals surface area contributed by atoms with Crippen LogP contribution in [0.5, 0.6) is 0 Å². The van der Waals surface area contributed by atoms with Crippen molar-refractivity contribution >= 4 is 17.8 Å². The van der Waals surface area contributed by atoms with E-state index in [9.17, 15) is 19.5 Å². The summed E-state index contributed by atoms with van der Waals surface area (Å²) in [6.45, 7) is 13.8. The molecule has 186 valence electrons. The maximum absolute atomic E-state index is 14.2. The van der Waals surface area contributed by atoms with Crippen LogP contribution in [0.4, 0.5) is 0 Å². The molecule has 1 spiro atoms. The first-order valence-corrected chi connectivity index (χ1v) is 12.4. The lowest BCUT2D eigenvalue weighted by molar-refractivity contribution is -0.157. The van der Waals surface area contributed by atoms with E-state index in [0.717, 1.165) is 12.8 Å². The maximum Gasteiger partial charge on any atom is 0.312 e. The van der Waals surface area contributed by atoms with Gasteiger partial charge >= 0.3 is 5.97 Å². The van der Waals surface area contributed by atoms with E-state index in [4.69, 9.17) is 9.47 Å². The van der Waals surface area contributed by atoms with Gasteiger partial charge in [0.25, 0.3) is 0 Å². The Morgan fingerprint density at radius 2 is 2.06 bits per heavy atom. The first kappa shape index (κ1) is 25.7. The van der Waals surface area contributed by atoms with E-state index in [1.165, 1.54) is 0 Å². The van der Waals surface area contributed by atoms with Crippen molar-refractivity contribution in [3.63, 3.8) is 0 Å². The first-order valence-electron chi connectivity index (χ1n) is 12.4. The van der Waals surface area contributed by atoms with Crippen LogP contribution in [0.2, 0.25) is 0 Å². The fraction of sp³-hybridized carbons (Fsp3) is 0.800. The summed E-state index contributed by atoms with van der Waals surface area (Å²) >= 11 is 0. The number of likely N-dealkylation sites (tertiary alicyclic amines) is 1. The van der Waals surface area contributed by atoms with Gasteiger partial charge in [-0.05, 0) is 39.0 Å². The number of nitrogens with zero attached hydrogens (tertiary/aromatic N) is 2. The average molecular weight is 465 g/mol. The van der Waals surface area contributed by atoms with Gasteiger partial charge in [-0.1, -0.05) is 33.3 Å². The van der Waals surface area contributed by atoms with Gasteiger partial charge in [0.05, 0.1) is 37.2 Å². The number of hydrogen-bond acceptors (Lipinski definition) is 6. The van der Waals surface area contributed by atoms with Crippen molar-refractivity contribution in [3.05, 3.63) is 12.7 Å². The molecule has 0 saturated carbocycles. The van der Waals surface area contributed by atoms with E-state index >= 15 is 0 Å². The largest absolute Gasteiger partial charge is 0.466 e. The topological polar surface area (TPSA) is 96.4 Å². The summed E-state index contributed by atoms with van der Waals surface area (Å²) in [6.07, 6.45) is 4.13. The van der Waals surface area contributed by atoms with Gasteiger partial charge in [0.15, 0.2) is 0 Å². The molecule has 2 amide bonds. The third-order valence-corrected chi connectivity index (χ3v) is 7.69. The van der Waals surface area contributed by atoms with Crippen molar-refractivity contribution in [1.82, 2.24) is 9.80 Å². The molecule has 1 N–H and O–H groups in total. The zero-order chi connectivity index (χ0) is 24.5. The minimum Gasteiger partial charge on any atom is -0.466 e. The van der Waals surface area contributed by atoms with E-state index in [0.29, 0.717) is 19.4 Å². The number of carbonyl (C=O) groups is 3. The van der Waals surface area contributed by atoms with E-state index in [2.05, 4.69) is 13.5 Å². The van der Waals surface area contributed by atoms with Crippen LogP contribution in [-0.2, 0) is 23.9 Å². The summed E-state index contributed by atoms with van der Waals surface area (Å²) in [5.74, 6) is -2.51. The molecule has 3 rings (SSSR count). The fourth-order valence-corrected chi connectivity index (χ4v) is 6.21. The molecule has 0 aromatic rings. The summed E-state index contributed by atoms with van der Waals surface area (Å²) in [5, 5.41) is 10.2. The Kier molecular flexibility index (Phi) is 7.89. The minimum absolute atomic E-state index is 0.0426. The third-order valence-electron chi connectivity index (χ3n) is 7.69. The molecule has 3 aliphatic heterocycles. The molecule has 3 saturated heterocycles. The van der Waals surface area contributed by atoms with Gasteiger partial charge in [-0.2, -0.15) is 0 Å². The lowest BCUT2D eigenvalue weighted by atomic mass is 9.70. The van der Waals surface area contributed by atoms with Crippen molar-refractivity contribution < 1.29 is 29.0 Å². The number of fused-ring (bicyclic) bond motifs is 1. The Labute approximate surface area is 197 Å². The normalized spacial score (nSPS) is 32.1. The molecule has 3 aliphatic rings. The zero-order valence-corrected chi connectivity index (χ0v) is 20.7. The van der Waals surface area contributed by atoms with Crippen LogP contribution in [0.25, 0.3) is 0 Å². The lowest BCUT2D eigenvalue weighted by Gasteiger charge is -2.41. The third kappa shape index (κ3) is 4.09. The number of carbonyl (C=O) groups excluding carboxylic acids is 3. The van der Waals surface area contributed by atoms with Crippen LogP contribution >= 0.6 is 0 Å². The standard InChI is InChI=1S/C25H40N2O6/c1-7-10-16(6)26(13-8-2)23(30)21-25-12-11-18(33-25)19(24(31)32-9-3)20(25)22(29)27(21)17(14-28)15(4)5/h8,15-21,28H,2,7,9-14H2,1,3-6H3/t16?,17-,18-,19+,20+,21-,25+/m0/s1. The quantitative estimate of drug-likeness (QED) is 0.372. The van der Waals surface area contributed by atoms with Gasteiger partial charge in [-0.25, -0.2) is 0 Å². The van der Waals surface area contributed by atoms with Crippen LogP contribution in [0.3, 0.4) is 0 Å². The van der Waals surface area contributed by atoms with E-state index in [1.807, 2.05) is 20.8 Å². The van der Waals surface area contributed by atoms with Crippen molar-refractivity contribution in [1.29, 1.82) is 0 Å². The minimum atomic E-state index is -1.08. The average Bonchev–Trinajstić information content (AvgIpc) is 3.40. The second kappa shape index (κ2) is 10.1. The molecule has 0 radical (unpaired) electrons. The van der Waals surface area contributed by atoms with Crippen molar-refractivity contribution in [2.45, 2.75) is 90.1 Å². The second-order valence-corrected chi connectivity index (χ2v) is 9.96. The summed E-state index contributed by atoms with van der Waals surface area (Å²) in [4.78, 5) is 44.3. The van der Waals surface area contributed by atoms with Crippen LogP contribution in [0.1, 0.15) is 60.3 Å². The smallest absolute Gasteiger partial charge is 0.312 e. The van der Waals surface area contributed by atoms with Crippen molar-refractivity contribution in [2.75, 3.05) is 19.8 Å². The Bertz CT molecular complexity index is 770. The number of amides is 2. The number of aliphatic hydroxyl groups is 1. The SMILES string of the molecule is C=CCN(C(=O)[C@@H]1N([C@@H](CO)C(C)C)C(=O)[C@H]2[C@H](C(=O)OCC)[C@@H]3CC[C@]12O3)C(C)CCC. The first-order chi connectivity index (χ1) is 15.7. The van der Waals surface area contributed by atoms with Crippen LogP contribution in [0.15, 0.2) is 12.7 Å². The molecule has 2 bridgehead atoms. The van der Waals surface area contributed by atoms with Gasteiger partial charge in [0, 0.05) is 12.6 Å². The molecular formula is C25H40N2O6. The highest BCUT2D eigenvalue weighted by Gasteiger charge is 2.75. The Balaban J connectivity index is 2.10. The predicted octanol–water partition coefficient (Wildman–Crippen LogP) is 2.14. The molecule has 1 unspecified atom stereocenters. The van der Waals surface area contributed by atoms with E-state index in [-0.39, 0.29) is 37.0 Å². The number of rotatable bonds is 11. The number of ether oxygens (including phenoxy) is 2. The van der Waals surface area contributed by atoms with Crippen LogP contribution in [-0.4, -0.2) is 82.3 Å². The number of hydrogen-bond donors (Lipinski definition) is 1. The molecule has 7 atom stereocenters. The van der Waals surface area contributed by atoms with Gasteiger partial charge in [0.2, 0.25) is 11.8 Å². The molecule has 8 nitrogen and oxygen atoms in total. The summed E-state index contributed by atoms with van der Waals surface area (Å²) in [7, 11) is 0. The Morgan fingerprint density at radius 1 is 1.36 bits per heavy atom. The van der Waals surface area contributed by atoms with E-state index in [1.54, 1.807) is 22.8 Å². The maximum atomic E-state index is 14.2. The second-order valence-electron chi connectivity index (χ2n) is 9.96. The predicted molar refractivity (Wildman–Crippen MR) is 123 cm³/mol. The summed E-state index contributed by atoms with van der Waals surface area (Å²) in [6, 6.07) is -1.48. The van der Waals surface area contributed by atoms with Crippen LogP contribution in [0, 0.1) is 17.8 Å². The summed E-state index contributed by atoms with van der Waals surface area (Å²) < 4.78 is 11.7. The van der Waals surface area contributed by atoms with Crippen molar-refractivity contribution in [3.8, 4) is 0 Å². The highest BCUT2D eigenvalue weighted by atomic mass is 16.6. The van der Waals surface area contributed by atoms with Gasteiger partial charge in [-0.3, -0.25) is 14.4 Å². The van der Waals surface area contributed by atoms with Crippen LogP contribution < -0.4 is 0 Å². The Morgan fingerprint density at radius 3 is 2.61 bits per heavy atom. The molecule has 0 aromatic carbocycles. The Hall–Kier alpha value is -1.93. The monoisotopic (exact) mass is 464 g/mol. The van der Waals surface area contributed by atoms with E-state index < -0.39 is 41.6 Å². The molecule has 3 fully saturated rings. The fourth-order valence-electron chi connectivity index (χ4n) is 6.21. The highest BCUT2D eigenvalue weighted by molar-refractivity contribution is 5.98. The molecule has 33 heavy (non-hydrogen) atoms. The zero-order valence-electron chi connectivity index (χ0n) is 20.7. The molecule has 8 heteroatoms. The molecule has 3 heterocycles. The van der Waals surface area contributed by atoms with Gasteiger partial charge in [0.1, 0.15) is 11.6 Å². The molecule has 0 aliphatic carbocycles. The lowest BCUT2D eigenvalue weighted by Crippen LogP contribution is -2.60. The van der Waals surface area contributed by atoms with Gasteiger partial charge in [-0.15, -0.1) is 6.58 Å². The number of esters is 1.